The van der Waals surface area contributed by atoms with E-state index in [4.69, 9.17) is 4.74 Å². The van der Waals surface area contributed by atoms with Crippen molar-refractivity contribution in [2.24, 2.45) is 11.8 Å². The second-order valence-corrected chi connectivity index (χ2v) is 9.90. The Kier molecular flexibility index (Phi) is 6.25. The quantitative estimate of drug-likeness (QED) is 0.797. The highest BCUT2D eigenvalue weighted by molar-refractivity contribution is 7.86. The summed E-state index contributed by atoms with van der Waals surface area (Å²) in [4.78, 5) is 0. The molecule has 2 fully saturated rings. The summed E-state index contributed by atoms with van der Waals surface area (Å²) in [6.45, 7) is 6.19. The van der Waals surface area contributed by atoms with Gasteiger partial charge in [-0.05, 0) is 48.8 Å². The third kappa shape index (κ3) is 4.24. The Bertz CT molecular complexity index is 680. The summed E-state index contributed by atoms with van der Waals surface area (Å²) in [5.41, 5.74) is 1.06. The van der Waals surface area contributed by atoms with Crippen LogP contribution in [0.1, 0.15) is 57.6 Å². The molecule has 3 atom stereocenters. The molecule has 146 valence electrons. The lowest BCUT2D eigenvalue weighted by Gasteiger charge is -2.39. The third-order valence-electron chi connectivity index (χ3n) is 5.66. The highest BCUT2D eigenvalue weighted by atomic mass is 32.2. The van der Waals surface area contributed by atoms with Crippen molar-refractivity contribution in [3.63, 3.8) is 0 Å². The number of ether oxygens (including phenoxy) is 1. The van der Waals surface area contributed by atoms with E-state index in [1.807, 2.05) is 24.3 Å². The van der Waals surface area contributed by atoms with Crippen LogP contribution in [-0.2, 0) is 10.2 Å². The van der Waals surface area contributed by atoms with E-state index in [1.54, 1.807) is 15.7 Å². The molecule has 5 nitrogen and oxygen atoms in total. The maximum absolute atomic E-state index is 13.5. The maximum atomic E-state index is 13.5. The molecule has 1 aromatic rings. The highest BCUT2D eigenvalue weighted by Crippen LogP contribution is 2.35. The topological polar surface area (TPSA) is 49.9 Å². The molecule has 0 bridgehead atoms. The molecule has 0 saturated carbocycles. The van der Waals surface area contributed by atoms with E-state index < -0.39 is 10.2 Å². The minimum Gasteiger partial charge on any atom is -0.497 e. The molecular weight excluding hydrogens is 348 g/mol. The zero-order valence-corrected chi connectivity index (χ0v) is 17.0. The Balaban J connectivity index is 1.89. The van der Waals surface area contributed by atoms with E-state index in [0.717, 1.165) is 43.4 Å². The van der Waals surface area contributed by atoms with Gasteiger partial charge in [-0.3, -0.25) is 0 Å². The Morgan fingerprint density at radius 1 is 1.00 bits per heavy atom. The van der Waals surface area contributed by atoms with E-state index in [9.17, 15) is 8.42 Å². The molecule has 26 heavy (non-hydrogen) atoms. The molecule has 3 rings (SSSR count). The fourth-order valence-electron chi connectivity index (χ4n) is 4.46. The summed E-state index contributed by atoms with van der Waals surface area (Å²) in [7, 11) is -1.80. The van der Waals surface area contributed by atoms with Crippen LogP contribution < -0.4 is 4.74 Å². The number of hydrogen-bond donors (Lipinski definition) is 0. The lowest BCUT2D eigenvalue weighted by molar-refractivity contribution is 0.200. The van der Waals surface area contributed by atoms with Gasteiger partial charge < -0.3 is 4.74 Å². The Hall–Kier alpha value is -1.11. The second-order valence-electron chi connectivity index (χ2n) is 8.02. The molecule has 0 N–H and O–H groups in total. The van der Waals surface area contributed by atoms with E-state index in [-0.39, 0.29) is 6.04 Å². The lowest BCUT2D eigenvalue weighted by Crippen LogP contribution is -2.50. The van der Waals surface area contributed by atoms with Gasteiger partial charge in [0.1, 0.15) is 5.75 Å². The molecule has 2 heterocycles. The first kappa shape index (κ1) is 19.6. The number of rotatable bonds is 4. The summed E-state index contributed by atoms with van der Waals surface area (Å²) in [5, 5.41) is 0. The third-order valence-corrected chi connectivity index (χ3v) is 7.64. The van der Waals surface area contributed by atoms with Gasteiger partial charge in [0.05, 0.1) is 13.2 Å². The first-order chi connectivity index (χ1) is 12.4. The first-order valence-corrected chi connectivity index (χ1v) is 11.2. The van der Waals surface area contributed by atoms with Gasteiger partial charge in [-0.25, -0.2) is 0 Å². The molecule has 1 aromatic carbocycles. The molecule has 0 aromatic heterocycles. The highest BCUT2D eigenvalue weighted by Gasteiger charge is 2.39. The predicted octanol–water partition coefficient (Wildman–Crippen LogP) is 3.84. The van der Waals surface area contributed by atoms with Crippen molar-refractivity contribution in [1.82, 2.24) is 8.61 Å². The van der Waals surface area contributed by atoms with Gasteiger partial charge >= 0.3 is 0 Å². The standard InChI is InChI=1S/C20H32N2O3S/c1-16-13-17(2)15-21(14-16)26(23,24)22-12-6-4-5-7-20(22)18-8-10-19(25-3)11-9-18/h8-11,16-17,20H,4-7,12-15H2,1-3H3. The lowest BCUT2D eigenvalue weighted by atomic mass is 9.94. The van der Waals surface area contributed by atoms with Crippen molar-refractivity contribution < 1.29 is 13.2 Å². The van der Waals surface area contributed by atoms with E-state index in [2.05, 4.69) is 13.8 Å². The van der Waals surface area contributed by atoms with Gasteiger partial charge in [0, 0.05) is 19.6 Å². The van der Waals surface area contributed by atoms with Crippen molar-refractivity contribution in [1.29, 1.82) is 0 Å². The molecular formula is C20H32N2O3S. The van der Waals surface area contributed by atoms with Gasteiger partial charge in [-0.2, -0.15) is 17.0 Å². The summed E-state index contributed by atoms with van der Waals surface area (Å²) in [6, 6.07) is 7.80. The molecule has 0 amide bonds. The van der Waals surface area contributed by atoms with Crippen LogP contribution in [0.2, 0.25) is 0 Å². The number of hydrogen-bond acceptors (Lipinski definition) is 3. The smallest absolute Gasteiger partial charge is 0.282 e. The molecule has 0 spiro atoms. The monoisotopic (exact) mass is 380 g/mol. The van der Waals surface area contributed by atoms with Gasteiger partial charge in [-0.15, -0.1) is 0 Å². The number of methoxy groups -OCH3 is 1. The average molecular weight is 381 g/mol. The van der Waals surface area contributed by atoms with Crippen LogP contribution in [0.5, 0.6) is 5.75 Å². The fraction of sp³-hybridized carbons (Fsp3) is 0.700. The number of piperidine rings is 1. The molecule has 2 aliphatic rings. The molecule has 0 aliphatic carbocycles. The number of benzene rings is 1. The van der Waals surface area contributed by atoms with Crippen LogP contribution in [-0.4, -0.2) is 43.8 Å². The largest absolute Gasteiger partial charge is 0.497 e. The predicted molar refractivity (Wildman–Crippen MR) is 104 cm³/mol. The summed E-state index contributed by atoms with van der Waals surface area (Å²) in [5.74, 6) is 1.63. The van der Waals surface area contributed by atoms with Gasteiger partial charge in [0.15, 0.2) is 0 Å². The average Bonchev–Trinajstić information content (AvgIpc) is 2.87. The summed E-state index contributed by atoms with van der Waals surface area (Å²) >= 11 is 0. The van der Waals surface area contributed by atoms with Crippen LogP contribution in [0.4, 0.5) is 0 Å². The van der Waals surface area contributed by atoms with Crippen molar-refractivity contribution in [2.75, 3.05) is 26.7 Å². The fourth-order valence-corrected chi connectivity index (χ4v) is 6.55. The number of nitrogens with zero attached hydrogens (tertiary/aromatic N) is 2. The maximum Gasteiger partial charge on any atom is 0.282 e. The molecule has 6 heteroatoms. The van der Waals surface area contributed by atoms with Crippen LogP contribution >= 0.6 is 0 Å². The SMILES string of the molecule is COc1ccc(C2CCCCCN2S(=O)(=O)N2CC(C)CC(C)C2)cc1. The minimum atomic E-state index is -3.45. The molecule has 0 radical (unpaired) electrons. The molecule has 2 aliphatic heterocycles. The van der Waals surface area contributed by atoms with Crippen LogP contribution in [0.15, 0.2) is 24.3 Å². The zero-order valence-electron chi connectivity index (χ0n) is 16.2. The summed E-state index contributed by atoms with van der Waals surface area (Å²) < 4.78 is 35.8. The minimum absolute atomic E-state index is 0.0825. The normalized spacial score (nSPS) is 29.3. The summed E-state index contributed by atoms with van der Waals surface area (Å²) in [6.07, 6.45) is 5.07. The van der Waals surface area contributed by atoms with Crippen molar-refractivity contribution in [3.05, 3.63) is 29.8 Å². The molecule has 3 unspecified atom stereocenters. The van der Waals surface area contributed by atoms with Crippen molar-refractivity contribution in [2.45, 2.75) is 52.0 Å². The van der Waals surface area contributed by atoms with Crippen molar-refractivity contribution >= 4 is 10.2 Å². The van der Waals surface area contributed by atoms with E-state index in [0.29, 0.717) is 31.5 Å². The van der Waals surface area contributed by atoms with Gasteiger partial charge in [0.2, 0.25) is 0 Å². The van der Waals surface area contributed by atoms with Crippen molar-refractivity contribution in [3.8, 4) is 5.75 Å². The van der Waals surface area contributed by atoms with E-state index in [1.165, 1.54) is 0 Å². The Morgan fingerprint density at radius 3 is 2.27 bits per heavy atom. The Labute approximate surface area is 158 Å². The van der Waals surface area contributed by atoms with Crippen LogP contribution in [0, 0.1) is 11.8 Å². The van der Waals surface area contributed by atoms with Crippen LogP contribution in [0.25, 0.3) is 0 Å². The Morgan fingerprint density at radius 2 is 1.65 bits per heavy atom. The van der Waals surface area contributed by atoms with Crippen LogP contribution in [0.3, 0.4) is 0 Å². The second kappa shape index (κ2) is 8.28. The van der Waals surface area contributed by atoms with Gasteiger partial charge in [-0.1, -0.05) is 38.8 Å². The van der Waals surface area contributed by atoms with E-state index >= 15 is 0 Å². The zero-order chi connectivity index (χ0) is 18.7. The molecule has 2 saturated heterocycles. The van der Waals surface area contributed by atoms with Gasteiger partial charge in [0.25, 0.3) is 10.2 Å². The first-order valence-electron chi connectivity index (χ1n) is 9.82.